The summed E-state index contributed by atoms with van der Waals surface area (Å²) in [5.74, 6) is -1.13. The van der Waals surface area contributed by atoms with Crippen molar-refractivity contribution in [3.63, 3.8) is 0 Å². The van der Waals surface area contributed by atoms with Crippen molar-refractivity contribution in [3.8, 4) is 0 Å². The van der Waals surface area contributed by atoms with Crippen LogP contribution in [0.25, 0.3) is 0 Å². The summed E-state index contributed by atoms with van der Waals surface area (Å²) in [5, 5.41) is 17.7. The van der Waals surface area contributed by atoms with Crippen molar-refractivity contribution >= 4 is 12.1 Å². The Morgan fingerprint density at radius 3 is 2.52 bits per heavy atom. The van der Waals surface area contributed by atoms with Crippen LogP contribution in [0.15, 0.2) is 6.20 Å². The Kier molecular flexibility index (Phi) is 5.42. The quantitative estimate of drug-likeness (QED) is 0.535. The maximum absolute atomic E-state index is 11.7. The molecule has 1 aliphatic rings. The Hall–Kier alpha value is -1.52. The minimum atomic E-state index is -1.35. The number of hydrogen-bond acceptors (Lipinski definition) is 6. The number of ether oxygens (including phenoxy) is 1. The normalized spacial score (nSPS) is 15.1. The molecular weight excluding hydrogens is 271 g/mol. The molecule has 0 atom stereocenters. The third-order valence-corrected chi connectivity index (χ3v) is 2.80. The van der Waals surface area contributed by atoms with Gasteiger partial charge in [-0.25, -0.2) is 4.79 Å². The molecule has 21 heavy (non-hydrogen) atoms. The average molecular weight is 288 g/mol. The summed E-state index contributed by atoms with van der Waals surface area (Å²) in [5.41, 5.74) is -0.689. The summed E-state index contributed by atoms with van der Waals surface area (Å²) in [7, 11) is 0. The standard InChI is InChI=1S/C12H18N4O4.Li/c1-12(2,3)20-11(19)15-4-8(5-15)6-16-7-9(10(17)18)13-14-16;/h7-8H,4-6H2,1-3H3,(H,17,18);/q;+1/p-1. The van der Waals surface area contributed by atoms with Gasteiger partial charge >= 0.3 is 25.0 Å². The first-order chi connectivity index (χ1) is 9.24. The summed E-state index contributed by atoms with van der Waals surface area (Å²) in [6.45, 7) is 7.10. The zero-order chi connectivity index (χ0) is 14.9. The number of aromatic carboxylic acids is 1. The van der Waals surface area contributed by atoms with Gasteiger partial charge in [0, 0.05) is 25.6 Å². The maximum Gasteiger partial charge on any atom is 1.00 e. The fourth-order valence-corrected chi connectivity index (χ4v) is 1.91. The van der Waals surface area contributed by atoms with Crippen LogP contribution < -0.4 is 24.0 Å². The number of hydrogen-bond donors (Lipinski definition) is 0. The van der Waals surface area contributed by atoms with Crippen molar-refractivity contribution in [2.75, 3.05) is 13.1 Å². The Labute approximate surface area is 134 Å². The number of carbonyl (C=O) groups is 2. The molecule has 1 aliphatic heterocycles. The Morgan fingerprint density at radius 1 is 1.43 bits per heavy atom. The SMILES string of the molecule is CC(C)(C)OC(=O)N1CC(Cn2cc(C(=O)[O-])nn2)C1.[Li+]. The van der Waals surface area contributed by atoms with Crippen molar-refractivity contribution in [2.24, 2.45) is 5.92 Å². The first-order valence-electron chi connectivity index (χ1n) is 6.34. The van der Waals surface area contributed by atoms with E-state index in [0.29, 0.717) is 19.6 Å². The monoisotopic (exact) mass is 288 g/mol. The summed E-state index contributed by atoms with van der Waals surface area (Å²) < 4.78 is 6.69. The Morgan fingerprint density at radius 2 is 2.05 bits per heavy atom. The van der Waals surface area contributed by atoms with Crippen LogP contribution in [0.4, 0.5) is 4.79 Å². The number of likely N-dealkylation sites (tertiary alicyclic amines) is 1. The van der Waals surface area contributed by atoms with Crippen LogP contribution >= 0.6 is 0 Å². The van der Waals surface area contributed by atoms with Gasteiger partial charge in [0.25, 0.3) is 0 Å². The molecule has 2 heterocycles. The van der Waals surface area contributed by atoms with Gasteiger partial charge in [-0.2, -0.15) is 0 Å². The molecule has 1 saturated heterocycles. The van der Waals surface area contributed by atoms with Gasteiger partial charge in [-0.15, -0.1) is 5.10 Å². The van der Waals surface area contributed by atoms with E-state index in [1.54, 1.807) is 4.90 Å². The zero-order valence-corrected chi connectivity index (χ0v) is 12.7. The van der Waals surface area contributed by atoms with Crippen LogP contribution in [0, 0.1) is 5.92 Å². The second-order valence-corrected chi connectivity index (χ2v) is 5.86. The molecule has 0 radical (unpaired) electrons. The number of carboxylic acid groups (broad SMARTS) is 1. The zero-order valence-electron chi connectivity index (χ0n) is 12.7. The molecule has 0 aromatic carbocycles. The molecular formula is C12H17LiN4O4. The fraction of sp³-hybridized carbons (Fsp3) is 0.667. The molecule has 0 aliphatic carbocycles. The van der Waals surface area contributed by atoms with Crippen molar-refractivity contribution < 1.29 is 38.3 Å². The van der Waals surface area contributed by atoms with E-state index in [1.165, 1.54) is 10.9 Å². The Bertz CT molecular complexity index is 520. The van der Waals surface area contributed by atoms with E-state index in [9.17, 15) is 14.7 Å². The largest absolute Gasteiger partial charge is 1.00 e. The number of rotatable bonds is 3. The first kappa shape index (κ1) is 17.5. The van der Waals surface area contributed by atoms with Crippen molar-refractivity contribution in [3.05, 3.63) is 11.9 Å². The smallest absolute Gasteiger partial charge is 0.543 e. The van der Waals surface area contributed by atoms with E-state index in [4.69, 9.17) is 4.74 Å². The molecule has 2 rings (SSSR count). The molecule has 0 bridgehead atoms. The number of carboxylic acids is 1. The van der Waals surface area contributed by atoms with Gasteiger partial charge < -0.3 is 19.5 Å². The van der Waals surface area contributed by atoms with Gasteiger partial charge in [-0.05, 0) is 20.8 Å². The molecule has 110 valence electrons. The molecule has 0 N–H and O–H groups in total. The van der Waals surface area contributed by atoms with E-state index >= 15 is 0 Å². The van der Waals surface area contributed by atoms with Gasteiger partial charge in [0.15, 0.2) is 0 Å². The minimum Gasteiger partial charge on any atom is -0.543 e. The van der Waals surface area contributed by atoms with E-state index in [-0.39, 0.29) is 36.6 Å². The van der Waals surface area contributed by atoms with Crippen LogP contribution in [0.2, 0.25) is 0 Å². The van der Waals surface area contributed by atoms with Crippen LogP contribution in [0.1, 0.15) is 31.3 Å². The summed E-state index contributed by atoms with van der Waals surface area (Å²) in [4.78, 5) is 23.9. The van der Waals surface area contributed by atoms with Gasteiger partial charge in [0.05, 0.1) is 12.2 Å². The number of amides is 1. The number of aromatic nitrogens is 3. The third kappa shape index (κ3) is 4.76. The van der Waals surface area contributed by atoms with Crippen molar-refractivity contribution in [1.29, 1.82) is 0 Å². The molecule has 8 nitrogen and oxygen atoms in total. The van der Waals surface area contributed by atoms with Crippen LogP contribution in [-0.2, 0) is 11.3 Å². The second-order valence-electron chi connectivity index (χ2n) is 5.86. The summed E-state index contributed by atoms with van der Waals surface area (Å²) >= 11 is 0. The Balaban J connectivity index is 0.00000220. The van der Waals surface area contributed by atoms with E-state index < -0.39 is 11.6 Å². The molecule has 0 spiro atoms. The molecule has 1 aromatic rings. The molecule has 1 fully saturated rings. The average Bonchev–Trinajstić information content (AvgIpc) is 2.68. The molecule has 1 aromatic heterocycles. The van der Waals surface area contributed by atoms with Crippen LogP contribution in [0.3, 0.4) is 0 Å². The topological polar surface area (TPSA) is 100 Å². The van der Waals surface area contributed by atoms with Gasteiger partial charge in [-0.1, -0.05) is 5.21 Å². The second kappa shape index (κ2) is 6.50. The molecule has 0 saturated carbocycles. The molecule has 0 unspecified atom stereocenters. The van der Waals surface area contributed by atoms with Crippen LogP contribution in [0.5, 0.6) is 0 Å². The van der Waals surface area contributed by atoms with Crippen LogP contribution in [-0.4, -0.2) is 50.6 Å². The molecule has 1 amide bonds. The summed E-state index contributed by atoms with van der Waals surface area (Å²) in [6, 6.07) is 0. The summed E-state index contributed by atoms with van der Waals surface area (Å²) in [6.07, 6.45) is 0.994. The number of carbonyl (C=O) groups excluding carboxylic acids is 2. The van der Waals surface area contributed by atoms with Gasteiger partial charge in [-0.3, -0.25) is 4.68 Å². The number of nitrogens with zero attached hydrogens (tertiary/aromatic N) is 4. The predicted octanol–water partition coefficient (Wildman–Crippen LogP) is -3.49. The maximum atomic E-state index is 11.7. The van der Waals surface area contributed by atoms with Crippen molar-refractivity contribution in [2.45, 2.75) is 32.9 Å². The molecule has 9 heteroatoms. The first-order valence-corrected chi connectivity index (χ1v) is 6.34. The van der Waals surface area contributed by atoms with Gasteiger partial charge in [0.1, 0.15) is 11.3 Å². The van der Waals surface area contributed by atoms with Gasteiger partial charge in [0.2, 0.25) is 0 Å². The fourth-order valence-electron chi connectivity index (χ4n) is 1.91. The van der Waals surface area contributed by atoms with E-state index in [2.05, 4.69) is 10.3 Å². The minimum absolute atomic E-state index is 0. The van der Waals surface area contributed by atoms with E-state index in [0.717, 1.165) is 0 Å². The van der Waals surface area contributed by atoms with Crippen molar-refractivity contribution in [1.82, 2.24) is 19.9 Å². The third-order valence-electron chi connectivity index (χ3n) is 2.80. The predicted molar refractivity (Wildman–Crippen MR) is 65.6 cm³/mol. The van der Waals surface area contributed by atoms with E-state index in [1.807, 2.05) is 20.8 Å².